The second-order valence-corrected chi connectivity index (χ2v) is 4.88. The number of hydrogen-bond donors (Lipinski definition) is 1. The lowest BCUT2D eigenvalue weighted by atomic mass is 9.99. The van der Waals surface area contributed by atoms with Crippen LogP contribution in [-0.4, -0.2) is 14.2 Å². The average Bonchev–Trinajstić information content (AvgIpc) is 2.46. The Morgan fingerprint density at radius 3 is 2.21 bits per heavy atom. The van der Waals surface area contributed by atoms with E-state index in [9.17, 15) is 0 Å². The van der Waals surface area contributed by atoms with E-state index in [2.05, 4.69) is 29.6 Å². The summed E-state index contributed by atoms with van der Waals surface area (Å²) in [5, 5.41) is 4.11. The van der Waals surface area contributed by atoms with Crippen molar-refractivity contribution >= 4 is 11.6 Å². The summed E-state index contributed by atoms with van der Waals surface area (Å²) in [6.07, 6.45) is 0.933. The molecule has 1 atom stereocenters. The van der Waals surface area contributed by atoms with Crippen molar-refractivity contribution < 1.29 is 4.74 Å². The molecule has 0 saturated heterocycles. The van der Waals surface area contributed by atoms with E-state index in [4.69, 9.17) is 16.3 Å². The predicted molar refractivity (Wildman–Crippen MR) is 80.0 cm³/mol. The molecular formula is C16H18ClNO. The van der Waals surface area contributed by atoms with Gasteiger partial charge in [0, 0.05) is 11.1 Å². The Bertz CT molecular complexity index is 507. The first-order valence-corrected chi connectivity index (χ1v) is 6.66. The van der Waals surface area contributed by atoms with E-state index in [1.807, 2.05) is 31.3 Å². The summed E-state index contributed by atoms with van der Waals surface area (Å²) in [5.74, 6) is 0.885. The Morgan fingerprint density at radius 1 is 1.05 bits per heavy atom. The summed E-state index contributed by atoms with van der Waals surface area (Å²) in [7, 11) is 3.65. The fourth-order valence-corrected chi connectivity index (χ4v) is 2.20. The van der Waals surface area contributed by atoms with Gasteiger partial charge in [-0.15, -0.1) is 0 Å². The van der Waals surface area contributed by atoms with Crippen LogP contribution in [0, 0.1) is 0 Å². The zero-order chi connectivity index (χ0) is 13.7. The molecule has 0 aliphatic carbocycles. The molecule has 0 aliphatic rings. The molecule has 100 valence electrons. The average molecular weight is 276 g/mol. The van der Waals surface area contributed by atoms with E-state index in [0.717, 1.165) is 17.2 Å². The lowest BCUT2D eigenvalue weighted by Crippen LogP contribution is -2.18. The van der Waals surface area contributed by atoms with Crippen LogP contribution in [0.3, 0.4) is 0 Å². The highest BCUT2D eigenvalue weighted by atomic mass is 35.5. The second kappa shape index (κ2) is 6.60. The summed E-state index contributed by atoms with van der Waals surface area (Å²) in [5.41, 5.74) is 2.51. The fraction of sp³-hybridized carbons (Fsp3) is 0.250. The van der Waals surface area contributed by atoms with Gasteiger partial charge in [-0.2, -0.15) is 0 Å². The third-order valence-electron chi connectivity index (χ3n) is 3.22. The minimum absolute atomic E-state index is 0.283. The Hall–Kier alpha value is -1.51. The summed E-state index contributed by atoms with van der Waals surface area (Å²) >= 11 is 5.92. The minimum Gasteiger partial charge on any atom is -0.497 e. The number of methoxy groups -OCH3 is 1. The number of ether oxygens (including phenoxy) is 1. The normalized spacial score (nSPS) is 12.2. The molecule has 19 heavy (non-hydrogen) atoms. The largest absolute Gasteiger partial charge is 0.497 e. The first-order chi connectivity index (χ1) is 9.22. The summed E-state index contributed by atoms with van der Waals surface area (Å²) in [4.78, 5) is 0. The van der Waals surface area contributed by atoms with Crippen LogP contribution in [0.5, 0.6) is 5.75 Å². The van der Waals surface area contributed by atoms with Gasteiger partial charge >= 0.3 is 0 Å². The number of rotatable bonds is 5. The van der Waals surface area contributed by atoms with Gasteiger partial charge in [-0.05, 0) is 48.9 Å². The lowest BCUT2D eigenvalue weighted by Gasteiger charge is -2.17. The number of nitrogens with one attached hydrogen (secondary N) is 1. The first-order valence-electron chi connectivity index (χ1n) is 6.28. The molecule has 0 radical (unpaired) electrons. The van der Waals surface area contributed by atoms with Gasteiger partial charge in [0.2, 0.25) is 0 Å². The van der Waals surface area contributed by atoms with Crippen molar-refractivity contribution in [2.75, 3.05) is 14.2 Å². The van der Waals surface area contributed by atoms with Crippen LogP contribution in [0.1, 0.15) is 17.2 Å². The quantitative estimate of drug-likeness (QED) is 0.895. The maximum Gasteiger partial charge on any atom is 0.118 e. The maximum atomic E-state index is 5.92. The van der Waals surface area contributed by atoms with Crippen LogP contribution in [0.2, 0.25) is 5.02 Å². The molecule has 3 heteroatoms. The van der Waals surface area contributed by atoms with Crippen LogP contribution in [0.15, 0.2) is 48.5 Å². The first kappa shape index (κ1) is 13.9. The van der Waals surface area contributed by atoms with Gasteiger partial charge in [0.05, 0.1) is 7.11 Å². The second-order valence-electron chi connectivity index (χ2n) is 4.45. The molecule has 2 aromatic carbocycles. The van der Waals surface area contributed by atoms with Crippen LogP contribution in [0.4, 0.5) is 0 Å². The molecule has 0 aromatic heterocycles. The van der Waals surface area contributed by atoms with E-state index in [0.29, 0.717) is 0 Å². The molecular weight excluding hydrogens is 258 g/mol. The van der Waals surface area contributed by atoms with Crippen LogP contribution < -0.4 is 10.1 Å². The highest BCUT2D eigenvalue weighted by Crippen LogP contribution is 2.21. The Morgan fingerprint density at radius 2 is 1.68 bits per heavy atom. The summed E-state index contributed by atoms with van der Waals surface area (Å²) < 4.78 is 5.17. The van der Waals surface area contributed by atoms with E-state index in [-0.39, 0.29) is 6.04 Å². The Labute approximate surface area is 119 Å². The van der Waals surface area contributed by atoms with Crippen molar-refractivity contribution in [2.45, 2.75) is 12.5 Å². The number of likely N-dealkylation sites (N-methyl/N-ethyl adjacent to an activating group) is 1. The van der Waals surface area contributed by atoms with Gasteiger partial charge in [-0.1, -0.05) is 35.9 Å². The maximum absolute atomic E-state index is 5.92. The smallest absolute Gasteiger partial charge is 0.118 e. The zero-order valence-corrected chi connectivity index (χ0v) is 11.9. The van der Waals surface area contributed by atoms with E-state index < -0.39 is 0 Å². The van der Waals surface area contributed by atoms with Gasteiger partial charge in [-0.3, -0.25) is 0 Å². The zero-order valence-electron chi connectivity index (χ0n) is 11.2. The molecule has 0 amide bonds. The summed E-state index contributed by atoms with van der Waals surface area (Å²) in [6, 6.07) is 16.4. The molecule has 0 heterocycles. The third-order valence-corrected chi connectivity index (χ3v) is 3.47. The standard InChI is InChI=1S/C16H18ClNO/c1-18-16(13-5-7-14(17)8-6-13)11-12-3-9-15(19-2)10-4-12/h3-10,16,18H,11H2,1-2H3. The predicted octanol–water partition coefficient (Wildman–Crippen LogP) is 3.85. The summed E-state index contributed by atoms with van der Waals surface area (Å²) in [6.45, 7) is 0. The fourth-order valence-electron chi connectivity index (χ4n) is 2.08. The molecule has 2 rings (SSSR count). The van der Waals surface area contributed by atoms with Crippen LogP contribution in [-0.2, 0) is 6.42 Å². The molecule has 0 saturated carbocycles. The van der Waals surface area contributed by atoms with Crippen molar-refractivity contribution in [2.24, 2.45) is 0 Å². The van der Waals surface area contributed by atoms with Crippen molar-refractivity contribution in [3.8, 4) is 5.75 Å². The van der Waals surface area contributed by atoms with Gasteiger partial charge in [-0.25, -0.2) is 0 Å². The molecule has 0 aliphatic heterocycles. The Balaban J connectivity index is 2.11. The van der Waals surface area contributed by atoms with Crippen molar-refractivity contribution in [3.05, 3.63) is 64.7 Å². The molecule has 2 nitrogen and oxygen atoms in total. The molecule has 2 aromatic rings. The highest BCUT2D eigenvalue weighted by Gasteiger charge is 2.10. The van der Waals surface area contributed by atoms with Gasteiger partial charge in [0.1, 0.15) is 5.75 Å². The van der Waals surface area contributed by atoms with E-state index >= 15 is 0 Å². The monoisotopic (exact) mass is 275 g/mol. The molecule has 0 bridgehead atoms. The topological polar surface area (TPSA) is 21.3 Å². The molecule has 0 fully saturated rings. The van der Waals surface area contributed by atoms with E-state index in [1.54, 1.807) is 7.11 Å². The SMILES string of the molecule is CNC(Cc1ccc(OC)cc1)c1ccc(Cl)cc1. The number of benzene rings is 2. The highest BCUT2D eigenvalue weighted by molar-refractivity contribution is 6.30. The van der Waals surface area contributed by atoms with Crippen LogP contribution in [0.25, 0.3) is 0 Å². The Kier molecular flexibility index (Phi) is 4.83. The minimum atomic E-state index is 0.283. The molecule has 1 N–H and O–H groups in total. The van der Waals surface area contributed by atoms with Crippen molar-refractivity contribution in [1.82, 2.24) is 5.32 Å². The van der Waals surface area contributed by atoms with Gasteiger partial charge in [0.15, 0.2) is 0 Å². The molecule has 1 unspecified atom stereocenters. The lowest BCUT2D eigenvalue weighted by molar-refractivity contribution is 0.414. The van der Waals surface area contributed by atoms with Crippen LogP contribution >= 0.6 is 11.6 Å². The van der Waals surface area contributed by atoms with Crippen molar-refractivity contribution in [3.63, 3.8) is 0 Å². The van der Waals surface area contributed by atoms with Gasteiger partial charge in [0.25, 0.3) is 0 Å². The van der Waals surface area contributed by atoms with E-state index in [1.165, 1.54) is 11.1 Å². The van der Waals surface area contributed by atoms with Crippen molar-refractivity contribution in [1.29, 1.82) is 0 Å². The third kappa shape index (κ3) is 3.72. The molecule has 0 spiro atoms. The number of hydrogen-bond acceptors (Lipinski definition) is 2. The number of halogens is 1. The van der Waals surface area contributed by atoms with Gasteiger partial charge < -0.3 is 10.1 Å².